The van der Waals surface area contributed by atoms with Gasteiger partial charge in [0.2, 0.25) is 0 Å². The minimum absolute atomic E-state index is 0.126. The predicted molar refractivity (Wildman–Crippen MR) is 68.8 cm³/mol. The number of piperidine rings is 1. The van der Waals surface area contributed by atoms with Crippen LogP contribution in [0.5, 0.6) is 0 Å². The highest BCUT2D eigenvalue weighted by Crippen LogP contribution is 2.15. The monoisotopic (exact) mass is 238 g/mol. The number of hydrogen-bond acceptors (Lipinski definition) is 2. The van der Waals surface area contributed by atoms with Crippen LogP contribution in [0, 0.1) is 6.42 Å². The van der Waals surface area contributed by atoms with Crippen molar-refractivity contribution in [2.24, 2.45) is 0 Å². The lowest BCUT2D eigenvalue weighted by Crippen LogP contribution is -2.47. The van der Waals surface area contributed by atoms with Crippen LogP contribution < -0.4 is 5.32 Å². The normalized spacial score (nSPS) is 26.2. The van der Waals surface area contributed by atoms with Gasteiger partial charge in [0.1, 0.15) is 0 Å². The molecule has 0 aromatic carbocycles. The zero-order chi connectivity index (χ0) is 12.1. The number of carbonyl (C=O) groups excluding carboxylic acids is 1. The lowest BCUT2D eigenvalue weighted by atomic mass is 10.1. The molecule has 1 N–H and O–H groups in total. The molecule has 97 valence electrons. The summed E-state index contributed by atoms with van der Waals surface area (Å²) < 4.78 is 0. The number of carbonyl (C=O) groups is 1. The van der Waals surface area contributed by atoms with E-state index in [1.165, 1.54) is 19.4 Å². The Morgan fingerprint density at radius 3 is 2.82 bits per heavy atom. The van der Waals surface area contributed by atoms with E-state index in [9.17, 15) is 4.79 Å². The first kappa shape index (κ1) is 12.7. The molecule has 2 heterocycles. The first-order valence-corrected chi connectivity index (χ1v) is 6.89. The predicted octanol–water partition coefficient (Wildman–Crippen LogP) is 1.48. The second kappa shape index (κ2) is 6.24. The molecule has 0 aromatic rings. The van der Waals surface area contributed by atoms with Gasteiger partial charge in [0.15, 0.2) is 0 Å². The molecule has 2 aliphatic heterocycles. The van der Waals surface area contributed by atoms with E-state index in [2.05, 4.69) is 23.6 Å². The molecule has 2 fully saturated rings. The maximum atomic E-state index is 11.9. The minimum Gasteiger partial charge on any atom is -0.336 e. The van der Waals surface area contributed by atoms with Crippen molar-refractivity contribution >= 4 is 6.03 Å². The van der Waals surface area contributed by atoms with Gasteiger partial charge in [-0.05, 0) is 45.2 Å². The summed E-state index contributed by atoms with van der Waals surface area (Å²) in [5, 5.41) is 3.09. The molecule has 4 nitrogen and oxygen atoms in total. The van der Waals surface area contributed by atoms with Crippen molar-refractivity contribution in [3.05, 3.63) is 6.42 Å². The average molecular weight is 238 g/mol. The highest BCUT2D eigenvalue weighted by Gasteiger charge is 2.24. The molecule has 0 spiro atoms. The van der Waals surface area contributed by atoms with Gasteiger partial charge in [-0.3, -0.25) is 4.90 Å². The molecule has 0 aromatic heterocycles. The topological polar surface area (TPSA) is 35.6 Å². The van der Waals surface area contributed by atoms with Gasteiger partial charge in [-0.2, -0.15) is 0 Å². The number of amides is 2. The second-order valence-electron chi connectivity index (χ2n) is 4.96. The van der Waals surface area contributed by atoms with Crippen LogP contribution in [0.3, 0.4) is 0 Å². The summed E-state index contributed by atoms with van der Waals surface area (Å²) in [5.41, 5.74) is 0. The molecular formula is C13H24N3O. The molecule has 0 saturated carbocycles. The third-order valence-corrected chi connectivity index (χ3v) is 3.89. The Balaban J connectivity index is 1.71. The summed E-state index contributed by atoms with van der Waals surface area (Å²) in [7, 11) is 0. The fourth-order valence-electron chi connectivity index (χ4n) is 2.81. The summed E-state index contributed by atoms with van der Waals surface area (Å²) in [5.74, 6) is 0. The van der Waals surface area contributed by atoms with Gasteiger partial charge in [-0.15, -0.1) is 0 Å². The molecule has 2 amide bonds. The van der Waals surface area contributed by atoms with Crippen LogP contribution in [0.15, 0.2) is 0 Å². The van der Waals surface area contributed by atoms with Gasteiger partial charge >= 0.3 is 6.03 Å². The van der Waals surface area contributed by atoms with E-state index in [0.717, 1.165) is 39.0 Å². The van der Waals surface area contributed by atoms with Crippen molar-refractivity contribution in [3.63, 3.8) is 0 Å². The van der Waals surface area contributed by atoms with Gasteiger partial charge in [0.25, 0.3) is 0 Å². The van der Waals surface area contributed by atoms with E-state index in [1.54, 1.807) is 0 Å². The summed E-state index contributed by atoms with van der Waals surface area (Å²) in [4.78, 5) is 16.3. The van der Waals surface area contributed by atoms with E-state index < -0.39 is 0 Å². The number of likely N-dealkylation sites (tertiary alicyclic amines) is 2. The first-order valence-electron chi connectivity index (χ1n) is 6.89. The van der Waals surface area contributed by atoms with Crippen LogP contribution in [0.1, 0.15) is 32.6 Å². The number of urea groups is 1. The Kier molecular flexibility index (Phi) is 4.66. The van der Waals surface area contributed by atoms with Gasteiger partial charge in [-0.1, -0.05) is 6.92 Å². The number of nitrogens with one attached hydrogen (secondary N) is 1. The van der Waals surface area contributed by atoms with Gasteiger partial charge < -0.3 is 10.2 Å². The fourth-order valence-corrected chi connectivity index (χ4v) is 2.81. The lowest BCUT2D eigenvalue weighted by molar-refractivity contribution is 0.187. The Morgan fingerprint density at radius 2 is 2.12 bits per heavy atom. The van der Waals surface area contributed by atoms with E-state index in [-0.39, 0.29) is 6.03 Å². The standard InChI is InChI=1S/C13H24N3O/c1-2-15-10-6-7-12(15)11-14-13(17)16-8-4-3-5-9-16/h3,12H,2,4-11H2,1H3,(H,14,17)/t12-/m1/s1. The van der Waals surface area contributed by atoms with Crippen LogP contribution >= 0.6 is 0 Å². The molecule has 2 rings (SSSR count). The van der Waals surface area contributed by atoms with Crippen molar-refractivity contribution in [2.45, 2.75) is 38.6 Å². The molecule has 17 heavy (non-hydrogen) atoms. The molecule has 1 radical (unpaired) electrons. The maximum Gasteiger partial charge on any atom is 0.317 e. The van der Waals surface area contributed by atoms with Gasteiger partial charge in [-0.25, -0.2) is 4.79 Å². The summed E-state index contributed by atoms with van der Waals surface area (Å²) in [6.45, 7) is 7.06. The van der Waals surface area contributed by atoms with Gasteiger partial charge in [0, 0.05) is 25.7 Å². The van der Waals surface area contributed by atoms with Crippen LogP contribution in [0.25, 0.3) is 0 Å². The Morgan fingerprint density at radius 1 is 1.35 bits per heavy atom. The largest absolute Gasteiger partial charge is 0.336 e. The van der Waals surface area contributed by atoms with Crippen LogP contribution in [0.4, 0.5) is 4.79 Å². The molecule has 4 heteroatoms. The molecule has 2 aliphatic rings. The number of likely N-dealkylation sites (N-methyl/N-ethyl adjacent to an activating group) is 1. The lowest BCUT2D eigenvalue weighted by Gasteiger charge is -2.28. The van der Waals surface area contributed by atoms with E-state index in [4.69, 9.17) is 0 Å². The van der Waals surface area contributed by atoms with Crippen LogP contribution in [-0.4, -0.2) is 54.6 Å². The Hall–Kier alpha value is -0.770. The van der Waals surface area contributed by atoms with Crippen LogP contribution in [-0.2, 0) is 0 Å². The third-order valence-electron chi connectivity index (χ3n) is 3.89. The first-order chi connectivity index (χ1) is 8.31. The zero-order valence-electron chi connectivity index (χ0n) is 10.8. The smallest absolute Gasteiger partial charge is 0.317 e. The van der Waals surface area contributed by atoms with Crippen molar-refractivity contribution in [1.29, 1.82) is 0 Å². The molecular weight excluding hydrogens is 214 g/mol. The molecule has 2 saturated heterocycles. The SMILES string of the molecule is CCN1CCC[C@@H]1CNC(=O)N1CC[CH]CC1. The number of nitrogens with zero attached hydrogens (tertiary/aromatic N) is 2. The third kappa shape index (κ3) is 3.35. The highest BCUT2D eigenvalue weighted by atomic mass is 16.2. The Bertz CT molecular complexity index is 251. The average Bonchev–Trinajstić information content (AvgIpc) is 2.84. The van der Waals surface area contributed by atoms with Crippen molar-refractivity contribution in [3.8, 4) is 0 Å². The molecule has 0 bridgehead atoms. The maximum absolute atomic E-state index is 11.9. The van der Waals surface area contributed by atoms with Crippen molar-refractivity contribution in [2.75, 3.05) is 32.7 Å². The van der Waals surface area contributed by atoms with E-state index >= 15 is 0 Å². The molecule has 0 aliphatic carbocycles. The van der Waals surface area contributed by atoms with Crippen molar-refractivity contribution in [1.82, 2.24) is 15.1 Å². The summed E-state index contributed by atoms with van der Waals surface area (Å²) >= 11 is 0. The molecule has 1 atom stereocenters. The summed E-state index contributed by atoms with van der Waals surface area (Å²) in [6.07, 6.45) is 6.84. The van der Waals surface area contributed by atoms with Gasteiger partial charge in [0.05, 0.1) is 0 Å². The van der Waals surface area contributed by atoms with E-state index in [0.29, 0.717) is 6.04 Å². The highest BCUT2D eigenvalue weighted by molar-refractivity contribution is 5.74. The Labute approximate surface area is 104 Å². The second-order valence-corrected chi connectivity index (χ2v) is 4.96. The summed E-state index contributed by atoms with van der Waals surface area (Å²) in [6, 6.07) is 0.682. The quantitative estimate of drug-likeness (QED) is 0.808. The zero-order valence-corrected chi connectivity index (χ0v) is 10.8. The number of hydrogen-bond donors (Lipinski definition) is 1. The van der Waals surface area contributed by atoms with E-state index in [1.807, 2.05) is 4.90 Å². The van der Waals surface area contributed by atoms with Crippen molar-refractivity contribution < 1.29 is 4.79 Å². The van der Waals surface area contributed by atoms with Crippen LogP contribution in [0.2, 0.25) is 0 Å². The minimum atomic E-state index is 0.126. The number of rotatable bonds is 3. The fraction of sp³-hybridized carbons (Fsp3) is 0.846. The molecule has 0 unspecified atom stereocenters.